The Hall–Kier alpha value is -4.44. The quantitative estimate of drug-likeness (QED) is 0.238. The number of sulfonamides is 1. The number of nitrogens with two attached hydrogens (primary N) is 1. The molecule has 0 saturated heterocycles. The number of nitrogens with zero attached hydrogens (tertiary/aromatic N) is 1. The summed E-state index contributed by atoms with van der Waals surface area (Å²) in [4.78, 5) is 37.9. The number of hydrogen-bond donors (Lipinski definition) is 2. The average molecular weight is 560 g/mol. The topological polar surface area (TPSA) is 138 Å². The number of hydrogen-bond acceptors (Lipinski definition) is 6. The van der Waals surface area contributed by atoms with Gasteiger partial charge in [-0.05, 0) is 67.5 Å². The van der Waals surface area contributed by atoms with E-state index in [1.165, 1.54) is 12.1 Å². The molecule has 3 aromatic carbocycles. The van der Waals surface area contributed by atoms with Gasteiger partial charge in [0.2, 0.25) is 0 Å². The van der Waals surface area contributed by atoms with E-state index in [2.05, 4.69) is 0 Å². The summed E-state index contributed by atoms with van der Waals surface area (Å²) < 4.78 is 35.2. The fraction of sp³-hybridized carbons (Fsp3) is 0.233. The molecule has 4 aromatic rings. The van der Waals surface area contributed by atoms with Crippen LogP contribution in [-0.4, -0.2) is 37.2 Å². The highest BCUT2D eigenvalue weighted by atomic mass is 32.2. The van der Waals surface area contributed by atoms with Gasteiger partial charge < -0.3 is 15.0 Å². The van der Waals surface area contributed by atoms with E-state index in [1.807, 2.05) is 39.6 Å². The van der Waals surface area contributed by atoms with Crippen molar-refractivity contribution in [2.24, 2.45) is 5.73 Å². The van der Waals surface area contributed by atoms with Gasteiger partial charge in [0.1, 0.15) is 5.75 Å². The highest BCUT2D eigenvalue weighted by molar-refractivity contribution is 7.90. The van der Waals surface area contributed by atoms with E-state index in [1.54, 1.807) is 31.2 Å². The molecule has 5 rings (SSSR count). The minimum Gasteiger partial charge on any atom is -0.483 e. The first-order chi connectivity index (χ1) is 19.2. The molecule has 1 aliphatic carbocycles. The van der Waals surface area contributed by atoms with E-state index in [-0.39, 0.29) is 16.2 Å². The maximum atomic E-state index is 13.1. The maximum absolute atomic E-state index is 13.1. The van der Waals surface area contributed by atoms with Crippen LogP contribution in [0.5, 0.6) is 5.75 Å². The number of nitrogens with one attached hydrogen (secondary N) is 1. The number of aryl methyl sites for hydroxylation is 2. The lowest BCUT2D eigenvalue weighted by Gasteiger charge is -2.21. The Morgan fingerprint density at radius 3 is 2.30 bits per heavy atom. The minimum absolute atomic E-state index is 0.0533. The summed E-state index contributed by atoms with van der Waals surface area (Å²) in [7, 11) is -4.09. The van der Waals surface area contributed by atoms with Gasteiger partial charge in [0.05, 0.1) is 21.4 Å². The lowest BCUT2D eigenvalue weighted by Crippen LogP contribution is -2.34. The molecule has 0 atom stereocenters. The molecule has 40 heavy (non-hydrogen) atoms. The lowest BCUT2D eigenvalue weighted by atomic mass is 9.88. The summed E-state index contributed by atoms with van der Waals surface area (Å²) >= 11 is 0. The van der Waals surface area contributed by atoms with Gasteiger partial charge in [0.15, 0.2) is 6.61 Å². The molecule has 0 radical (unpaired) electrons. The van der Waals surface area contributed by atoms with Crippen LogP contribution >= 0.6 is 0 Å². The van der Waals surface area contributed by atoms with Gasteiger partial charge in [-0.2, -0.15) is 0 Å². The zero-order chi connectivity index (χ0) is 28.4. The maximum Gasteiger partial charge on any atom is 0.289 e. The Morgan fingerprint density at radius 1 is 0.975 bits per heavy atom. The first kappa shape index (κ1) is 27.1. The second-order valence-corrected chi connectivity index (χ2v) is 11.5. The van der Waals surface area contributed by atoms with E-state index in [0.29, 0.717) is 17.6 Å². The van der Waals surface area contributed by atoms with Crippen LogP contribution in [0.25, 0.3) is 10.9 Å². The molecule has 206 valence electrons. The second kappa shape index (κ2) is 11.0. The predicted octanol–water partition coefficient (Wildman–Crippen LogP) is 3.43. The number of primary amides is 1. The van der Waals surface area contributed by atoms with Gasteiger partial charge in [0, 0.05) is 12.2 Å². The standard InChI is InChI=1S/C30H29N3O6S/c1-19-26(29(35)30(31)36)27-24(39-18-25(34)32-40(37,38)22-13-6-3-7-14-22)16-21-12-8-9-15-23(21)28(27)33(19)17-20-10-4-2-5-11-20/h2-7,10-11,13-14,16H,8-9,12,15,17-18H2,1H3,(H2,31,36)(H,32,34). The molecule has 10 heteroatoms. The summed E-state index contributed by atoms with van der Waals surface area (Å²) in [6.45, 7) is 1.59. The summed E-state index contributed by atoms with van der Waals surface area (Å²) in [5, 5.41) is 0.400. The number of amides is 2. The Balaban J connectivity index is 1.59. The Kier molecular flexibility index (Phi) is 7.44. The minimum atomic E-state index is -4.09. The van der Waals surface area contributed by atoms with Crippen molar-refractivity contribution in [2.45, 2.75) is 44.0 Å². The van der Waals surface area contributed by atoms with E-state index < -0.39 is 34.2 Å². The number of benzene rings is 3. The van der Waals surface area contributed by atoms with Crippen molar-refractivity contribution in [3.8, 4) is 5.75 Å². The summed E-state index contributed by atoms with van der Waals surface area (Å²) in [6.07, 6.45) is 3.51. The molecule has 2 amide bonds. The van der Waals surface area contributed by atoms with Crippen molar-refractivity contribution < 1.29 is 27.5 Å². The lowest BCUT2D eigenvalue weighted by molar-refractivity contribution is -0.121. The number of aromatic nitrogens is 1. The number of carbonyl (C=O) groups excluding carboxylic acids is 3. The van der Waals surface area contributed by atoms with Crippen LogP contribution in [0.4, 0.5) is 0 Å². The van der Waals surface area contributed by atoms with E-state index in [4.69, 9.17) is 10.5 Å². The molecule has 0 saturated carbocycles. The van der Waals surface area contributed by atoms with Crippen molar-refractivity contribution in [3.05, 3.63) is 94.7 Å². The molecule has 9 nitrogen and oxygen atoms in total. The van der Waals surface area contributed by atoms with Gasteiger partial charge in [-0.25, -0.2) is 13.1 Å². The summed E-state index contributed by atoms with van der Waals surface area (Å²) in [6, 6.07) is 19.1. The molecule has 1 heterocycles. The molecule has 0 unspecified atom stereocenters. The normalized spacial score (nSPS) is 13.0. The first-order valence-electron chi connectivity index (χ1n) is 13.0. The van der Waals surface area contributed by atoms with Crippen LogP contribution in [0, 0.1) is 6.92 Å². The van der Waals surface area contributed by atoms with Gasteiger partial charge in [-0.3, -0.25) is 14.4 Å². The molecule has 0 fully saturated rings. The van der Waals surface area contributed by atoms with Gasteiger partial charge >= 0.3 is 0 Å². The van der Waals surface area contributed by atoms with Gasteiger partial charge in [-0.15, -0.1) is 0 Å². The first-order valence-corrected chi connectivity index (χ1v) is 14.4. The number of ether oxygens (including phenoxy) is 1. The van der Waals surface area contributed by atoms with Crippen molar-refractivity contribution in [2.75, 3.05) is 6.61 Å². The average Bonchev–Trinajstić information content (AvgIpc) is 3.24. The number of carbonyl (C=O) groups is 3. The number of rotatable bonds is 9. The zero-order valence-corrected chi connectivity index (χ0v) is 22.8. The van der Waals surface area contributed by atoms with Crippen LogP contribution in [0.3, 0.4) is 0 Å². The van der Waals surface area contributed by atoms with Crippen molar-refractivity contribution >= 4 is 38.5 Å². The number of fused-ring (bicyclic) bond motifs is 3. The molecule has 0 spiro atoms. The van der Waals surface area contributed by atoms with Crippen molar-refractivity contribution in [1.82, 2.24) is 9.29 Å². The molecule has 0 aliphatic heterocycles. The second-order valence-electron chi connectivity index (χ2n) is 9.80. The van der Waals surface area contributed by atoms with Crippen LogP contribution in [0.15, 0.2) is 71.6 Å². The molecule has 1 aromatic heterocycles. The number of ketones is 1. The Morgan fingerprint density at radius 2 is 1.62 bits per heavy atom. The van der Waals surface area contributed by atoms with Gasteiger partial charge in [0.25, 0.3) is 27.6 Å². The van der Waals surface area contributed by atoms with Crippen molar-refractivity contribution in [1.29, 1.82) is 0 Å². The molecular weight excluding hydrogens is 530 g/mol. The third-order valence-corrected chi connectivity index (χ3v) is 8.56. The summed E-state index contributed by atoms with van der Waals surface area (Å²) in [5.74, 6) is -2.61. The third kappa shape index (κ3) is 5.22. The number of Topliss-reactive ketones (excluding diaryl/α,β-unsaturated/α-hetero) is 1. The molecular formula is C30H29N3O6S. The Labute approximate surface area is 232 Å². The summed E-state index contributed by atoms with van der Waals surface area (Å²) in [5.41, 5.74) is 9.99. The fourth-order valence-electron chi connectivity index (χ4n) is 5.34. The van der Waals surface area contributed by atoms with Crippen LogP contribution in [0.1, 0.15) is 45.6 Å². The highest BCUT2D eigenvalue weighted by Crippen LogP contribution is 2.41. The third-order valence-electron chi connectivity index (χ3n) is 7.17. The van der Waals surface area contributed by atoms with E-state index in [0.717, 1.165) is 47.9 Å². The molecule has 0 bridgehead atoms. The smallest absolute Gasteiger partial charge is 0.289 e. The monoisotopic (exact) mass is 559 g/mol. The molecule has 3 N–H and O–H groups in total. The van der Waals surface area contributed by atoms with Crippen molar-refractivity contribution in [3.63, 3.8) is 0 Å². The van der Waals surface area contributed by atoms with Crippen LogP contribution < -0.4 is 15.2 Å². The zero-order valence-electron chi connectivity index (χ0n) is 22.0. The van der Waals surface area contributed by atoms with E-state index >= 15 is 0 Å². The fourth-order valence-corrected chi connectivity index (χ4v) is 6.33. The van der Waals surface area contributed by atoms with Crippen LogP contribution in [-0.2, 0) is 39.0 Å². The Bertz CT molecular complexity index is 1730. The van der Waals surface area contributed by atoms with Gasteiger partial charge in [-0.1, -0.05) is 48.5 Å². The molecule has 1 aliphatic rings. The highest BCUT2D eigenvalue weighted by Gasteiger charge is 2.30. The van der Waals surface area contributed by atoms with E-state index in [9.17, 15) is 22.8 Å². The predicted molar refractivity (Wildman–Crippen MR) is 150 cm³/mol. The van der Waals surface area contributed by atoms with Crippen LogP contribution in [0.2, 0.25) is 0 Å². The largest absolute Gasteiger partial charge is 0.483 e. The SMILES string of the molecule is Cc1c(C(=O)C(N)=O)c2c(OCC(=O)NS(=O)(=O)c3ccccc3)cc3c(c2n1Cc1ccccc1)CCCC3.